The summed E-state index contributed by atoms with van der Waals surface area (Å²) in [6, 6.07) is 7.16. The van der Waals surface area contributed by atoms with Gasteiger partial charge in [-0.2, -0.15) is 9.41 Å². The molecule has 128 valence electrons. The molecule has 1 N–H and O–H groups in total. The number of carbonyl (C=O) groups is 1. The Kier molecular flexibility index (Phi) is 5.44. The summed E-state index contributed by atoms with van der Waals surface area (Å²) in [5.41, 5.74) is 2.54. The van der Waals surface area contributed by atoms with Crippen LogP contribution in [0.4, 0.5) is 0 Å². The van der Waals surface area contributed by atoms with Crippen molar-refractivity contribution in [2.75, 3.05) is 13.1 Å². The minimum Gasteiger partial charge on any atom is -0.273 e. The molecule has 0 bridgehead atoms. The molecule has 9 heteroatoms. The van der Waals surface area contributed by atoms with Gasteiger partial charge in [0.1, 0.15) is 4.21 Å². The van der Waals surface area contributed by atoms with E-state index in [2.05, 4.69) is 10.5 Å². The molecule has 0 radical (unpaired) electrons. The highest BCUT2D eigenvalue weighted by Gasteiger charge is 2.32. The highest BCUT2D eigenvalue weighted by Crippen LogP contribution is 2.26. The van der Waals surface area contributed by atoms with E-state index < -0.39 is 10.0 Å². The van der Waals surface area contributed by atoms with Crippen LogP contribution in [-0.4, -0.2) is 37.9 Å². The van der Waals surface area contributed by atoms with Gasteiger partial charge in [-0.15, -0.1) is 22.7 Å². The van der Waals surface area contributed by atoms with E-state index in [4.69, 9.17) is 0 Å². The standard InChI is InChI=1S/C15H17N3O3S3/c19-15(17-16-11-13-3-1-9-22-13)12-5-7-18(8-6-12)24(20,21)14-4-2-10-23-14/h1-4,9-12H,5-8H2,(H,17,19)/b16-11-. The average Bonchev–Trinajstić information content (AvgIpc) is 3.29. The second-order valence-electron chi connectivity index (χ2n) is 5.36. The van der Waals surface area contributed by atoms with Crippen LogP contribution < -0.4 is 5.43 Å². The zero-order valence-electron chi connectivity index (χ0n) is 12.8. The Morgan fingerprint density at radius 2 is 1.92 bits per heavy atom. The molecular formula is C15H17N3O3S3. The van der Waals surface area contributed by atoms with Crippen LogP contribution in [0.5, 0.6) is 0 Å². The monoisotopic (exact) mass is 383 g/mol. The third-order valence-electron chi connectivity index (χ3n) is 3.82. The molecule has 0 spiro atoms. The predicted molar refractivity (Wildman–Crippen MR) is 95.9 cm³/mol. The maximum Gasteiger partial charge on any atom is 0.252 e. The molecular weight excluding hydrogens is 366 g/mol. The number of hydrazone groups is 1. The van der Waals surface area contributed by atoms with Crippen LogP contribution in [-0.2, 0) is 14.8 Å². The fourth-order valence-corrected chi connectivity index (χ4v) is 5.71. The summed E-state index contributed by atoms with van der Waals surface area (Å²) in [5.74, 6) is -0.365. The number of sulfonamides is 1. The number of amides is 1. The number of piperidine rings is 1. The van der Waals surface area contributed by atoms with E-state index in [1.807, 2.05) is 17.5 Å². The lowest BCUT2D eigenvalue weighted by atomic mass is 9.98. The highest BCUT2D eigenvalue weighted by atomic mass is 32.2. The Bertz CT molecular complexity index is 790. The average molecular weight is 384 g/mol. The molecule has 0 aliphatic carbocycles. The number of hydrogen-bond acceptors (Lipinski definition) is 6. The number of nitrogens with one attached hydrogen (secondary N) is 1. The zero-order chi connectivity index (χ0) is 17.0. The van der Waals surface area contributed by atoms with Crippen molar-refractivity contribution < 1.29 is 13.2 Å². The topological polar surface area (TPSA) is 78.8 Å². The molecule has 1 aliphatic heterocycles. The first-order chi connectivity index (χ1) is 11.6. The van der Waals surface area contributed by atoms with E-state index in [1.54, 1.807) is 23.7 Å². The van der Waals surface area contributed by atoms with Crippen LogP contribution in [0.1, 0.15) is 17.7 Å². The molecule has 1 aliphatic rings. The Morgan fingerprint density at radius 3 is 2.54 bits per heavy atom. The van der Waals surface area contributed by atoms with Gasteiger partial charge in [-0.05, 0) is 35.7 Å². The maximum absolute atomic E-state index is 12.4. The summed E-state index contributed by atoms with van der Waals surface area (Å²) in [6.07, 6.45) is 2.62. The van der Waals surface area contributed by atoms with Crippen molar-refractivity contribution in [1.82, 2.24) is 9.73 Å². The lowest BCUT2D eigenvalue weighted by Crippen LogP contribution is -2.42. The van der Waals surface area contributed by atoms with Crippen LogP contribution in [0.2, 0.25) is 0 Å². The number of thiophene rings is 2. The van der Waals surface area contributed by atoms with Crippen molar-refractivity contribution in [3.8, 4) is 0 Å². The third kappa shape index (κ3) is 3.92. The van der Waals surface area contributed by atoms with Gasteiger partial charge in [0.15, 0.2) is 0 Å². The molecule has 24 heavy (non-hydrogen) atoms. The van der Waals surface area contributed by atoms with E-state index in [-0.39, 0.29) is 11.8 Å². The summed E-state index contributed by atoms with van der Waals surface area (Å²) in [6.45, 7) is 0.708. The summed E-state index contributed by atoms with van der Waals surface area (Å²) >= 11 is 2.75. The largest absolute Gasteiger partial charge is 0.273 e. The molecule has 2 aromatic heterocycles. The normalized spacial score (nSPS) is 17.3. The van der Waals surface area contributed by atoms with E-state index in [0.29, 0.717) is 30.1 Å². The quantitative estimate of drug-likeness (QED) is 0.636. The lowest BCUT2D eigenvalue weighted by molar-refractivity contribution is -0.126. The zero-order valence-corrected chi connectivity index (χ0v) is 15.2. The fraction of sp³-hybridized carbons (Fsp3) is 0.333. The van der Waals surface area contributed by atoms with Crippen LogP contribution in [0, 0.1) is 5.92 Å². The van der Waals surface area contributed by atoms with Crippen molar-refractivity contribution in [3.63, 3.8) is 0 Å². The molecule has 0 atom stereocenters. The lowest BCUT2D eigenvalue weighted by Gasteiger charge is -2.29. The summed E-state index contributed by atoms with van der Waals surface area (Å²) in [4.78, 5) is 13.1. The molecule has 6 nitrogen and oxygen atoms in total. The van der Waals surface area contributed by atoms with Gasteiger partial charge < -0.3 is 0 Å². The number of nitrogens with zero attached hydrogens (tertiary/aromatic N) is 2. The van der Waals surface area contributed by atoms with Crippen LogP contribution in [0.3, 0.4) is 0 Å². The van der Waals surface area contributed by atoms with Crippen LogP contribution in [0.15, 0.2) is 44.3 Å². The smallest absolute Gasteiger partial charge is 0.252 e. The Morgan fingerprint density at radius 1 is 1.21 bits per heavy atom. The minimum atomic E-state index is -3.42. The first kappa shape index (κ1) is 17.3. The Labute approximate surface area is 148 Å². The molecule has 3 heterocycles. The first-order valence-electron chi connectivity index (χ1n) is 7.47. The van der Waals surface area contributed by atoms with Gasteiger partial charge in [-0.25, -0.2) is 13.8 Å². The SMILES string of the molecule is O=C(N/N=C\c1cccs1)C1CCN(S(=O)(=O)c2cccs2)CC1. The molecule has 0 unspecified atom stereocenters. The molecule has 1 fully saturated rings. The Hall–Kier alpha value is -1.55. The molecule has 0 saturated carbocycles. The van der Waals surface area contributed by atoms with Crippen LogP contribution >= 0.6 is 22.7 Å². The maximum atomic E-state index is 12.4. The van der Waals surface area contributed by atoms with Crippen molar-refractivity contribution in [2.45, 2.75) is 17.1 Å². The van der Waals surface area contributed by atoms with Crippen molar-refractivity contribution in [1.29, 1.82) is 0 Å². The second-order valence-corrected chi connectivity index (χ2v) is 9.45. The van der Waals surface area contributed by atoms with Crippen molar-refractivity contribution in [2.24, 2.45) is 11.0 Å². The molecule has 1 saturated heterocycles. The van der Waals surface area contributed by atoms with Gasteiger partial charge in [0.2, 0.25) is 5.91 Å². The summed E-state index contributed by atoms with van der Waals surface area (Å²) in [5, 5.41) is 7.64. The van der Waals surface area contributed by atoms with Gasteiger partial charge in [0, 0.05) is 23.9 Å². The molecule has 3 rings (SSSR count). The van der Waals surface area contributed by atoms with Crippen LogP contribution in [0.25, 0.3) is 0 Å². The van der Waals surface area contributed by atoms with E-state index >= 15 is 0 Å². The van der Waals surface area contributed by atoms with Crippen molar-refractivity contribution >= 4 is 44.8 Å². The van der Waals surface area contributed by atoms with Gasteiger partial charge in [-0.3, -0.25) is 4.79 Å². The Balaban J connectivity index is 1.52. The van der Waals surface area contributed by atoms with E-state index in [1.165, 1.54) is 27.0 Å². The minimum absolute atomic E-state index is 0.157. The van der Waals surface area contributed by atoms with E-state index in [9.17, 15) is 13.2 Å². The molecule has 2 aromatic rings. The number of carbonyl (C=O) groups excluding carboxylic acids is 1. The second kappa shape index (κ2) is 7.56. The highest BCUT2D eigenvalue weighted by molar-refractivity contribution is 7.91. The fourth-order valence-electron chi connectivity index (χ4n) is 2.51. The molecule has 1 amide bonds. The number of rotatable bonds is 5. The predicted octanol–water partition coefficient (Wildman–Crippen LogP) is 2.36. The van der Waals surface area contributed by atoms with Gasteiger partial charge >= 0.3 is 0 Å². The third-order valence-corrected chi connectivity index (χ3v) is 7.90. The van der Waals surface area contributed by atoms with Gasteiger partial charge in [-0.1, -0.05) is 12.1 Å². The van der Waals surface area contributed by atoms with E-state index in [0.717, 1.165) is 4.88 Å². The van der Waals surface area contributed by atoms with Crippen molar-refractivity contribution in [3.05, 3.63) is 39.9 Å². The first-order valence-corrected chi connectivity index (χ1v) is 10.7. The molecule has 0 aromatic carbocycles. The number of hydrogen-bond donors (Lipinski definition) is 1. The summed E-state index contributed by atoms with van der Waals surface area (Å²) < 4.78 is 26.7. The summed E-state index contributed by atoms with van der Waals surface area (Å²) in [7, 11) is -3.42. The van der Waals surface area contributed by atoms with Gasteiger partial charge in [0.05, 0.1) is 6.21 Å². The van der Waals surface area contributed by atoms with Gasteiger partial charge in [0.25, 0.3) is 10.0 Å².